The van der Waals surface area contributed by atoms with Crippen molar-refractivity contribution in [2.45, 2.75) is 13.0 Å². The van der Waals surface area contributed by atoms with Crippen LogP contribution < -0.4 is 0 Å². The molecule has 0 saturated carbocycles. The van der Waals surface area contributed by atoms with Gasteiger partial charge in [0.25, 0.3) is 5.91 Å². The summed E-state index contributed by atoms with van der Waals surface area (Å²) in [4.78, 5) is 27.9. The maximum absolute atomic E-state index is 12.6. The molecule has 6 heteroatoms. The number of hydrogen-bond acceptors (Lipinski definition) is 4. The number of carbonyl (C=O) groups is 2. The van der Waals surface area contributed by atoms with E-state index in [0.717, 1.165) is 12.6 Å². The Kier molecular flexibility index (Phi) is 4.80. The van der Waals surface area contributed by atoms with Crippen LogP contribution in [0.2, 0.25) is 0 Å². The number of likely N-dealkylation sites (N-methyl/N-ethyl adjacent to an activating group) is 1. The summed E-state index contributed by atoms with van der Waals surface area (Å²) in [6.07, 6.45) is 2.54. The lowest BCUT2D eigenvalue weighted by Crippen LogP contribution is -2.35. The Bertz CT molecular complexity index is 565. The third-order valence-electron chi connectivity index (χ3n) is 3.82. The molecule has 2 unspecified atom stereocenters. The van der Waals surface area contributed by atoms with Gasteiger partial charge in [-0.1, -0.05) is 6.92 Å². The van der Waals surface area contributed by atoms with E-state index in [1.165, 1.54) is 17.4 Å². The fourth-order valence-corrected chi connectivity index (χ4v) is 3.57. The van der Waals surface area contributed by atoms with Gasteiger partial charge in [-0.15, -0.1) is 11.3 Å². The number of likely N-dealkylation sites (tertiary alicyclic amines) is 1. The number of carboxylic acid groups (broad SMARTS) is 1. The van der Waals surface area contributed by atoms with Gasteiger partial charge in [-0.2, -0.15) is 0 Å². The Morgan fingerprint density at radius 1 is 1.43 bits per heavy atom. The van der Waals surface area contributed by atoms with Gasteiger partial charge in [0.1, 0.15) is 0 Å². The quantitative estimate of drug-likeness (QED) is 0.863. The van der Waals surface area contributed by atoms with E-state index in [1.54, 1.807) is 6.07 Å². The van der Waals surface area contributed by atoms with Crippen molar-refractivity contribution in [3.05, 3.63) is 28.0 Å². The van der Waals surface area contributed by atoms with Crippen molar-refractivity contribution in [2.24, 2.45) is 5.92 Å². The smallest absolute Gasteiger partial charge is 0.328 e. The highest BCUT2D eigenvalue weighted by Gasteiger charge is 2.34. The third-order valence-corrected chi connectivity index (χ3v) is 4.74. The molecule has 0 aliphatic carbocycles. The Balaban J connectivity index is 2.15. The van der Waals surface area contributed by atoms with Crippen LogP contribution in [0.4, 0.5) is 0 Å². The van der Waals surface area contributed by atoms with E-state index in [1.807, 2.05) is 24.4 Å². The summed E-state index contributed by atoms with van der Waals surface area (Å²) in [7, 11) is 4.06. The molecule has 21 heavy (non-hydrogen) atoms. The zero-order valence-electron chi connectivity index (χ0n) is 12.4. The summed E-state index contributed by atoms with van der Waals surface area (Å²) in [5.41, 5.74) is 0.674. The molecule has 2 rings (SSSR count). The highest BCUT2D eigenvalue weighted by Crippen LogP contribution is 2.26. The predicted octanol–water partition coefficient (Wildman–Crippen LogP) is 1.87. The average molecular weight is 308 g/mol. The topological polar surface area (TPSA) is 60.9 Å². The van der Waals surface area contributed by atoms with Gasteiger partial charge in [-0.3, -0.25) is 4.79 Å². The first-order chi connectivity index (χ1) is 9.90. The number of nitrogens with zero attached hydrogens (tertiary/aromatic N) is 2. The molecule has 2 heterocycles. The van der Waals surface area contributed by atoms with E-state index in [9.17, 15) is 9.59 Å². The summed E-state index contributed by atoms with van der Waals surface area (Å²) < 4.78 is 0. The van der Waals surface area contributed by atoms with Gasteiger partial charge in [0.2, 0.25) is 0 Å². The summed E-state index contributed by atoms with van der Waals surface area (Å²) in [6, 6.07) is 2.15. The zero-order chi connectivity index (χ0) is 15.6. The lowest BCUT2D eigenvalue weighted by Gasteiger charge is -2.22. The molecule has 1 N–H and O–H groups in total. The van der Waals surface area contributed by atoms with Gasteiger partial charge in [0, 0.05) is 25.2 Å². The molecule has 0 radical (unpaired) electrons. The highest BCUT2D eigenvalue weighted by molar-refractivity contribution is 7.12. The van der Waals surface area contributed by atoms with Gasteiger partial charge >= 0.3 is 5.97 Å². The first-order valence-electron chi connectivity index (χ1n) is 6.84. The first-order valence-corrected chi connectivity index (χ1v) is 7.72. The van der Waals surface area contributed by atoms with Crippen LogP contribution in [0.3, 0.4) is 0 Å². The van der Waals surface area contributed by atoms with Crippen molar-refractivity contribution in [3.63, 3.8) is 0 Å². The maximum Gasteiger partial charge on any atom is 0.328 e. The number of carboxylic acids is 1. The highest BCUT2D eigenvalue weighted by atomic mass is 32.1. The average Bonchev–Trinajstić information content (AvgIpc) is 3.01. The van der Waals surface area contributed by atoms with Crippen molar-refractivity contribution in [1.82, 2.24) is 9.80 Å². The monoisotopic (exact) mass is 308 g/mol. The van der Waals surface area contributed by atoms with Gasteiger partial charge in [-0.05, 0) is 43.1 Å². The van der Waals surface area contributed by atoms with Crippen LogP contribution >= 0.6 is 11.3 Å². The normalized spacial score (nSPS) is 22.4. The zero-order valence-corrected chi connectivity index (χ0v) is 13.3. The van der Waals surface area contributed by atoms with Gasteiger partial charge in [0.05, 0.1) is 4.88 Å². The van der Waals surface area contributed by atoms with E-state index in [0.29, 0.717) is 28.9 Å². The molecule has 0 aromatic carbocycles. The number of rotatable bonds is 4. The molecule has 0 bridgehead atoms. The Morgan fingerprint density at radius 2 is 2.14 bits per heavy atom. The van der Waals surface area contributed by atoms with Crippen molar-refractivity contribution in [2.75, 3.05) is 27.2 Å². The third kappa shape index (κ3) is 3.51. The Labute approximate surface area is 128 Å². The minimum atomic E-state index is -1.01. The van der Waals surface area contributed by atoms with Crippen molar-refractivity contribution >= 4 is 29.3 Å². The molecular weight excluding hydrogens is 288 g/mol. The van der Waals surface area contributed by atoms with Crippen LogP contribution in [-0.4, -0.2) is 60.0 Å². The van der Waals surface area contributed by atoms with Crippen LogP contribution in [0.25, 0.3) is 6.08 Å². The van der Waals surface area contributed by atoms with Gasteiger partial charge in [0.15, 0.2) is 0 Å². The van der Waals surface area contributed by atoms with E-state index < -0.39 is 5.97 Å². The van der Waals surface area contributed by atoms with Crippen LogP contribution in [0, 0.1) is 5.92 Å². The second kappa shape index (κ2) is 6.41. The molecule has 1 amide bonds. The Hall–Kier alpha value is -1.66. The van der Waals surface area contributed by atoms with Gasteiger partial charge in [-0.25, -0.2) is 4.79 Å². The lowest BCUT2D eigenvalue weighted by molar-refractivity contribution is -0.131. The first kappa shape index (κ1) is 15.7. The number of carbonyl (C=O) groups excluding carboxylic acids is 1. The van der Waals surface area contributed by atoms with E-state index in [2.05, 4.69) is 11.8 Å². The van der Waals surface area contributed by atoms with Crippen LogP contribution in [0.1, 0.15) is 22.2 Å². The maximum atomic E-state index is 12.6. The fourth-order valence-electron chi connectivity index (χ4n) is 2.72. The second-order valence-electron chi connectivity index (χ2n) is 5.60. The predicted molar refractivity (Wildman–Crippen MR) is 83.5 cm³/mol. The number of hydrogen-bond donors (Lipinski definition) is 1. The second-order valence-corrected chi connectivity index (χ2v) is 6.51. The van der Waals surface area contributed by atoms with E-state index >= 15 is 0 Å². The summed E-state index contributed by atoms with van der Waals surface area (Å²) >= 11 is 1.36. The molecule has 1 aromatic heterocycles. The fraction of sp³-hybridized carbons (Fsp3) is 0.467. The van der Waals surface area contributed by atoms with E-state index in [-0.39, 0.29) is 5.91 Å². The van der Waals surface area contributed by atoms with E-state index in [4.69, 9.17) is 5.11 Å². The number of aliphatic carboxylic acids is 1. The summed E-state index contributed by atoms with van der Waals surface area (Å²) in [6.45, 7) is 3.60. The molecule has 1 saturated heterocycles. The molecule has 1 aliphatic rings. The minimum Gasteiger partial charge on any atom is -0.478 e. The minimum absolute atomic E-state index is 0.00811. The molecular formula is C15H20N2O3S. The summed E-state index contributed by atoms with van der Waals surface area (Å²) in [5, 5.41) is 10.5. The lowest BCUT2D eigenvalue weighted by atomic mass is 10.1. The van der Waals surface area contributed by atoms with Crippen LogP contribution in [0.15, 0.2) is 17.5 Å². The number of thiophene rings is 1. The molecule has 1 aliphatic heterocycles. The molecule has 0 spiro atoms. The van der Waals surface area contributed by atoms with Crippen LogP contribution in [-0.2, 0) is 4.79 Å². The Morgan fingerprint density at radius 3 is 2.71 bits per heavy atom. The van der Waals surface area contributed by atoms with Crippen molar-refractivity contribution in [1.29, 1.82) is 0 Å². The van der Waals surface area contributed by atoms with Crippen molar-refractivity contribution in [3.8, 4) is 0 Å². The number of amides is 1. The molecule has 1 fully saturated rings. The molecule has 1 aromatic rings. The van der Waals surface area contributed by atoms with Crippen molar-refractivity contribution < 1.29 is 14.7 Å². The molecule has 114 valence electrons. The summed E-state index contributed by atoms with van der Waals surface area (Å²) in [5.74, 6) is -0.588. The molecule has 2 atom stereocenters. The SMILES string of the molecule is CC1CN(C(=O)c2sccc2/C=C/C(=O)O)CC1N(C)C. The largest absolute Gasteiger partial charge is 0.478 e. The standard InChI is InChI=1S/C15H20N2O3S/c1-10-8-17(9-12(10)16(2)3)15(20)14-11(6-7-21-14)4-5-13(18)19/h4-7,10,12H,8-9H2,1-3H3,(H,18,19)/b5-4+. The van der Waals surface area contributed by atoms with Crippen LogP contribution in [0.5, 0.6) is 0 Å². The molecule has 5 nitrogen and oxygen atoms in total. The van der Waals surface area contributed by atoms with Gasteiger partial charge < -0.3 is 14.9 Å².